The van der Waals surface area contributed by atoms with Gasteiger partial charge in [0.25, 0.3) is 0 Å². The first kappa shape index (κ1) is 14.2. The molecule has 0 aromatic carbocycles. The average Bonchev–Trinajstić information content (AvgIpc) is 3.19. The smallest absolute Gasteiger partial charge is 0.158 e. The lowest BCUT2D eigenvalue weighted by atomic mass is 9.87. The molecule has 0 aromatic rings. The number of hydrogen-bond donors (Lipinski definition) is 0. The monoisotopic (exact) mass is 294 g/mol. The van der Waals surface area contributed by atoms with Crippen molar-refractivity contribution in [1.82, 2.24) is 0 Å². The Hall–Kier alpha value is -1.37. The Morgan fingerprint density at radius 2 is 2.05 bits per heavy atom. The van der Waals surface area contributed by atoms with Crippen LogP contribution in [-0.2, 0) is 4.79 Å². The summed E-state index contributed by atoms with van der Waals surface area (Å²) in [7, 11) is 0. The lowest BCUT2D eigenvalue weighted by Crippen LogP contribution is -2.09. The Morgan fingerprint density at radius 1 is 1.18 bits per heavy atom. The minimum atomic E-state index is 0.431. The van der Waals surface area contributed by atoms with Gasteiger partial charge in [-0.25, -0.2) is 0 Å². The van der Waals surface area contributed by atoms with Crippen molar-refractivity contribution in [2.75, 3.05) is 0 Å². The maximum Gasteiger partial charge on any atom is 0.158 e. The third kappa shape index (κ3) is 2.66. The number of rotatable bonds is 4. The van der Waals surface area contributed by atoms with Gasteiger partial charge < -0.3 is 0 Å². The van der Waals surface area contributed by atoms with Gasteiger partial charge in [0.05, 0.1) is 0 Å². The van der Waals surface area contributed by atoms with E-state index in [1.54, 1.807) is 11.1 Å². The van der Waals surface area contributed by atoms with Gasteiger partial charge in [-0.15, -0.1) is 0 Å². The summed E-state index contributed by atoms with van der Waals surface area (Å²) in [6.07, 6.45) is 20.8. The Balaban J connectivity index is 1.43. The molecule has 0 amide bonds. The van der Waals surface area contributed by atoms with Crippen LogP contribution in [0.5, 0.6) is 0 Å². The molecule has 0 spiro atoms. The molecule has 0 saturated heterocycles. The van der Waals surface area contributed by atoms with Crippen LogP contribution in [-0.4, -0.2) is 5.78 Å². The van der Waals surface area contributed by atoms with Gasteiger partial charge in [-0.1, -0.05) is 50.0 Å². The third-order valence-electron chi connectivity index (χ3n) is 6.08. The highest BCUT2D eigenvalue weighted by molar-refractivity contribution is 5.96. The predicted molar refractivity (Wildman–Crippen MR) is 90.5 cm³/mol. The molecule has 1 unspecified atom stereocenters. The molecule has 4 rings (SSSR count). The minimum absolute atomic E-state index is 0.431. The van der Waals surface area contributed by atoms with Crippen molar-refractivity contribution in [3.05, 3.63) is 46.6 Å². The zero-order valence-electron chi connectivity index (χ0n) is 13.4. The largest absolute Gasteiger partial charge is 0.295 e. The van der Waals surface area contributed by atoms with Gasteiger partial charge in [0.15, 0.2) is 5.78 Å². The normalized spacial score (nSPS) is 27.5. The summed E-state index contributed by atoms with van der Waals surface area (Å²) in [5.41, 5.74) is 5.70. The molecule has 1 nitrogen and oxygen atoms in total. The molecule has 0 bridgehead atoms. The molecule has 22 heavy (non-hydrogen) atoms. The van der Waals surface area contributed by atoms with Crippen LogP contribution in [0.2, 0.25) is 0 Å². The van der Waals surface area contributed by atoms with E-state index in [0.717, 1.165) is 43.6 Å². The van der Waals surface area contributed by atoms with Crippen LogP contribution < -0.4 is 0 Å². The van der Waals surface area contributed by atoms with Crippen molar-refractivity contribution in [1.29, 1.82) is 0 Å². The van der Waals surface area contributed by atoms with Gasteiger partial charge in [-0.2, -0.15) is 0 Å². The summed E-state index contributed by atoms with van der Waals surface area (Å²) >= 11 is 0. The van der Waals surface area contributed by atoms with E-state index in [4.69, 9.17) is 0 Å². The van der Waals surface area contributed by atoms with Crippen LogP contribution in [0.3, 0.4) is 0 Å². The number of ketones is 1. The fourth-order valence-electron chi connectivity index (χ4n) is 4.80. The quantitative estimate of drug-likeness (QED) is 0.674. The van der Waals surface area contributed by atoms with Crippen molar-refractivity contribution in [2.24, 2.45) is 11.8 Å². The van der Waals surface area contributed by atoms with Crippen molar-refractivity contribution >= 4 is 5.78 Å². The number of fused-ring (bicyclic) bond motifs is 2. The molecular formula is C21H26O. The molecule has 1 heteroatoms. The maximum absolute atomic E-state index is 12.5. The molecule has 1 saturated carbocycles. The van der Waals surface area contributed by atoms with E-state index in [1.807, 2.05) is 0 Å². The number of hydrogen-bond acceptors (Lipinski definition) is 1. The standard InChI is InChI=1S/C21H26O/c22-21(12-9-15-5-1-2-6-15)17-10-11-20-18(14-17)13-16-7-3-4-8-19(16)20/h3-4,8,14-16H,1-2,5-7,9-13H2. The first-order valence-electron chi connectivity index (χ1n) is 9.14. The SMILES string of the molecule is O=C(CCC1CCCC1)C1=CC2=C(CC1)C1=CC=CCC1C2. The summed E-state index contributed by atoms with van der Waals surface area (Å²) in [5.74, 6) is 1.95. The van der Waals surface area contributed by atoms with Crippen molar-refractivity contribution in [2.45, 2.75) is 64.2 Å². The summed E-state index contributed by atoms with van der Waals surface area (Å²) < 4.78 is 0. The summed E-state index contributed by atoms with van der Waals surface area (Å²) in [6, 6.07) is 0. The van der Waals surface area contributed by atoms with Crippen LogP contribution in [0.4, 0.5) is 0 Å². The molecule has 0 aliphatic heterocycles. The van der Waals surface area contributed by atoms with E-state index in [2.05, 4.69) is 24.3 Å². The second-order valence-electron chi connectivity index (χ2n) is 7.47. The highest BCUT2D eigenvalue weighted by Crippen LogP contribution is 2.46. The molecule has 0 aromatic heterocycles. The Labute approximate surface area is 133 Å². The summed E-state index contributed by atoms with van der Waals surface area (Å²) in [5, 5.41) is 0. The van der Waals surface area contributed by atoms with Gasteiger partial charge >= 0.3 is 0 Å². The van der Waals surface area contributed by atoms with E-state index in [1.165, 1.54) is 37.7 Å². The molecule has 4 aliphatic carbocycles. The molecule has 116 valence electrons. The summed E-state index contributed by atoms with van der Waals surface area (Å²) in [6.45, 7) is 0. The predicted octanol–water partition coefficient (Wildman–Crippen LogP) is 5.45. The Kier molecular flexibility index (Phi) is 3.90. The maximum atomic E-state index is 12.5. The second-order valence-corrected chi connectivity index (χ2v) is 7.47. The fraction of sp³-hybridized carbons (Fsp3) is 0.571. The highest BCUT2D eigenvalue weighted by Gasteiger charge is 2.31. The van der Waals surface area contributed by atoms with Gasteiger partial charge in [0, 0.05) is 6.42 Å². The highest BCUT2D eigenvalue weighted by atomic mass is 16.1. The molecule has 1 atom stereocenters. The van der Waals surface area contributed by atoms with Crippen LogP contribution >= 0.6 is 0 Å². The number of carbonyl (C=O) groups is 1. The fourth-order valence-corrected chi connectivity index (χ4v) is 4.80. The summed E-state index contributed by atoms with van der Waals surface area (Å²) in [4.78, 5) is 12.5. The van der Waals surface area contributed by atoms with E-state index in [9.17, 15) is 4.79 Å². The van der Waals surface area contributed by atoms with Crippen LogP contribution in [0.15, 0.2) is 46.6 Å². The zero-order valence-corrected chi connectivity index (χ0v) is 13.4. The topological polar surface area (TPSA) is 17.1 Å². The van der Waals surface area contributed by atoms with Gasteiger partial charge in [-0.05, 0) is 66.2 Å². The molecule has 0 heterocycles. The molecule has 0 radical (unpaired) electrons. The van der Waals surface area contributed by atoms with E-state index in [-0.39, 0.29) is 0 Å². The first-order chi connectivity index (χ1) is 10.8. The number of allylic oxidation sites excluding steroid dienone is 8. The van der Waals surface area contributed by atoms with E-state index in [0.29, 0.717) is 11.7 Å². The average molecular weight is 294 g/mol. The van der Waals surface area contributed by atoms with Gasteiger partial charge in [0.2, 0.25) is 0 Å². The minimum Gasteiger partial charge on any atom is -0.295 e. The first-order valence-corrected chi connectivity index (χ1v) is 9.14. The third-order valence-corrected chi connectivity index (χ3v) is 6.08. The number of Topliss-reactive ketones (excluding diaryl/α,β-unsaturated/α-hetero) is 1. The van der Waals surface area contributed by atoms with Crippen LogP contribution in [0.25, 0.3) is 0 Å². The van der Waals surface area contributed by atoms with Gasteiger partial charge in [-0.3, -0.25) is 4.79 Å². The van der Waals surface area contributed by atoms with Crippen molar-refractivity contribution in [3.63, 3.8) is 0 Å². The van der Waals surface area contributed by atoms with Crippen molar-refractivity contribution < 1.29 is 4.79 Å². The van der Waals surface area contributed by atoms with E-state index >= 15 is 0 Å². The van der Waals surface area contributed by atoms with Crippen LogP contribution in [0.1, 0.15) is 64.2 Å². The number of carbonyl (C=O) groups excluding carboxylic acids is 1. The van der Waals surface area contributed by atoms with Crippen molar-refractivity contribution in [3.8, 4) is 0 Å². The molecular weight excluding hydrogens is 268 g/mol. The molecule has 4 aliphatic rings. The Bertz CT molecular complexity index is 593. The molecule has 0 N–H and O–H groups in total. The zero-order chi connectivity index (χ0) is 14.9. The second kappa shape index (κ2) is 6.02. The Morgan fingerprint density at radius 3 is 2.91 bits per heavy atom. The van der Waals surface area contributed by atoms with Crippen LogP contribution in [0, 0.1) is 11.8 Å². The molecule has 1 fully saturated rings. The lowest BCUT2D eigenvalue weighted by Gasteiger charge is -2.18. The van der Waals surface area contributed by atoms with Gasteiger partial charge in [0.1, 0.15) is 0 Å². The van der Waals surface area contributed by atoms with E-state index < -0.39 is 0 Å². The lowest BCUT2D eigenvalue weighted by molar-refractivity contribution is -0.116.